The zero-order chi connectivity index (χ0) is 8.27. The number of hydrogen-bond acceptors (Lipinski definition) is 1. The Bertz CT molecular complexity index is 258. The Labute approximate surface area is 88.6 Å². The van der Waals surface area contributed by atoms with E-state index in [0.29, 0.717) is 0 Å². The van der Waals surface area contributed by atoms with Gasteiger partial charge in [0.15, 0.2) is 12.4 Å². The molecule has 0 aromatic carbocycles. The van der Waals surface area contributed by atoms with Crippen molar-refractivity contribution in [2.75, 3.05) is 0 Å². The van der Waals surface area contributed by atoms with Gasteiger partial charge in [-0.05, 0) is 12.5 Å². The number of pyridine rings is 1. The minimum atomic E-state index is -0.321. The molecule has 0 atom stereocenters. The molecule has 1 amide bonds. The van der Waals surface area contributed by atoms with Gasteiger partial charge in [0.05, 0.1) is 0 Å². The maximum Gasteiger partial charge on any atom is 0.283 e. The molecule has 0 bridgehead atoms. The largest absolute Gasteiger partial charge is 1.00 e. The average Bonchev–Trinajstić information content (AvgIpc) is 1.93. The van der Waals surface area contributed by atoms with Gasteiger partial charge in [-0.1, -0.05) is 0 Å². The van der Waals surface area contributed by atoms with Gasteiger partial charge in [0.25, 0.3) is 5.91 Å². The van der Waals surface area contributed by atoms with E-state index in [9.17, 15) is 4.79 Å². The molecule has 0 fully saturated rings. The van der Waals surface area contributed by atoms with E-state index in [-0.39, 0.29) is 36.4 Å². The Balaban J connectivity index is 0.00000121. The first-order chi connectivity index (χ1) is 5.18. The van der Waals surface area contributed by atoms with Crippen LogP contribution in [-0.4, -0.2) is 5.91 Å². The topological polar surface area (TPSA) is 47.0 Å². The highest BCUT2D eigenvalue weighted by atomic mass is 127. The second-order valence-corrected chi connectivity index (χ2v) is 2.51. The van der Waals surface area contributed by atoms with Crippen LogP contribution in [-0.2, 0) is 11.3 Å². The maximum absolute atomic E-state index is 10.5. The lowest BCUT2D eigenvalue weighted by molar-refractivity contribution is -0.684. The second-order valence-electron chi connectivity index (χ2n) is 2.51. The Hall–Kier alpha value is -0.650. The lowest BCUT2D eigenvalue weighted by Gasteiger charge is -1.91. The van der Waals surface area contributed by atoms with E-state index in [1.807, 2.05) is 31.5 Å². The third-order valence-electron chi connectivity index (χ3n) is 1.40. The first-order valence-electron chi connectivity index (χ1n) is 3.42. The number of nitrogens with zero attached hydrogens (tertiary/aromatic N) is 1. The molecular formula is C8H11IN2O. The molecule has 1 aromatic heterocycles. The van der Waals surface area contributed by atoms with Crippen molar-refractivity contribution < 1.29 is 33.3 Å². The molecule has 12 heavy (non-hydrogen) atoms. The normalized spacial score (nSPS) is 8.75. The van der Waals surface area contributed by atoms with Gasteiger partial charge >= 0.3 is 0 Å². The minimum Gasteiger partial charge on any atom is -1.00 e. The van der Waals surface area contributed by atoms with E-state index in [1.54, 1.807) is 4.57 Å². The van der Waals surface area contributed by atoms with Crippen molar-refractivity contribution in [1.82, 2.24) is 0 Å². The van der Waals surface area contributed by atoms with Gasteiger partial charge in [-0.3, -0.25) is 4.79 Å². The lowest BCUT2D eigenvalue weighted by Crippen LogP contribution is -3.00. The van der Waals surface area contributed by atoms with Crippen LogP contribution in [0.4, 0.5) is 0 Å². The summed E-state index contributed by atoms with van der Waals surface area (Å²) in [4.78, 5) is 10.5. The van der Waals surface area contributed by atoms with Crippen molar-refractivity contribution in [2.45, 2.75) is 13.5 Å². The molecule has 0 saturated heterocycles. The zero-order valence-electron chi connectivity index (χ0n) is 6.83. The first kappa shape index (κ1) is 11.4. The number of carbonyl (C=O) groups excluding carboxylic acids is 1. The molecule has 0 aliphatic carbocycles. The van der Waals surface area contributed by atoms with Crippen molar-refractivity contribution in [3.05, 3.63) is 30.1 Å². The average molecular weight is 278 g/mol. The van der Waals surface area contributed by atoms with Gasteiger partial charge in [0, 0.05) is 12.1 Å². The number of nitrogens with two attached hydrogens (primary N) is 1. The molecule has 0 radical (unpaired) electrons. The highest BCUT2D eigenvalue weighted by Gasteiger charge is 2.02. The molecule has 0 aliphatic heterocycles. The number of rotatable bonds is 2. The van der Waals surface area contributed by atoms with Crippen LogP contribution < -0.4 is 34.3 Å². The summed E-state index contributed by atoms with van der Waals surface area (Å²) >= 11 is 0. The van der Waals surface area contributed by atoms with Crippen LogP contribution in [0.5, 0.6) is 0 Å². The molecule has 4 heteroatoms. The van der Waals surface area contributed by atoms with Gasteiger partial charge in [-0.25, -0.2) is 0 Å². The van der Waals surface area contributed by atoms with E-state index >= 15 is 0 Å². The van der Waals surface area contributed by atoms with Crippen molar-refractivity contribution in [1.29, 1.82) is 0 Å². The fourth-order valence-electron chi connectivity index (χ4n) is 0.817. The fourth-order valence-corrected chi connectivity index (χ4v) is 0.817. The summed E-state index contributed by atoms with van der Waals surface area (Å²) < 4.78 is 1.75. The van der Waals surface area contributed by atoms with Crippen LogP contribution in [0.25, 0.3) is 0 Å². The molecule has 0 unspecified atom stereocenters. The van der Waals surface area contributed by atoms with Crippen LogP contribution >= 0.6 is 0 Å². The summed E-state index contributed by atoms with van der Waals surface area (Å²) in [7, 11) is 0. The van der Waals surface area contributed by atoms with Crippen LogP contribution in [0.3, 0.4) is 0 Å². The number of hydrogen-bond donors (Lipinski definition) is 1. The van der Waals surface area contributed by atoms with E-state index in [0.717, 1.165) is 0 Å². The van der Waals surface area contributed by atoms with Crippen LogP contribution in [0.1, 0.15) is 5.56 Å². The van der Waals surface area contributed by atoms with Gasteiger partial charge < -0.3 is 29.7 Å². The van der Waals surface area contributed by atoms with Crippen molar-refractivity contribution in [3.8, 4) is 0 Å². The number of halogens is 1. The standard InChI is InChI=1S/C8H10N2O.HI/c1-7-2-4-10(5-3-7)6-8(9)11;/h2-5H,6H2,1H3,(H-,9,11);1H. The van der Waals surface area contributed by atoms with E-state index in [1.165, 1.54) is 5.56 Å². The predicted octanol–water partition coefficient (Wildman–Crippen LogP) is -3.23. The summed E-state index contributed by atoms with van der Waals surface area (Å²) in [6.07, 6.45) is 3.67. The summed E-state index contributed by atoms with van der Waals surface area (Å²) in [5.74, 6) is -0.321. The molecule has 2 N–H and O–H groups in total. The van der Waals surface area contributed by atoms with Crippen LogP contribution in [0.2, 0.25) is 0 Å². The minimum absolute atomic E-state index is 0. The van der Waals surface area contributed by atoms with Gasteiger partial charge in [0.2, 0.25) is 6.54 Å². The SMILES string of the molecule is Cc1cc[n+](CC(N)=O)cc1.[I-]. The van der Waals surface area contributed by atoms with Gasteiger partial charge in [-0.2, -0.15) is 4.57 Å². The number of carbonyl (C=O) groups is 1. The zero-order valence-corrected chi connectivity index (χ0v) is 8.98. The Morgan fingerprint density at radius 3 is 2.42 bits per heavy atom. The van der Waals surface area contributed by atoms with Gasteiger partial charge in [0.1, 0.15) is 0 Å². The van der Waals surface area contributed by atoms with Crippen molar-refractivity contribution in [3.63, 3.8) is 0 Å². The highest BCUT2D eigenvalue weighted by molar-refractivity contribution is 5.72. The van der Waals surface area contributed by atoms with Crippen molar-refractivity contribution >= 4 is 5.91 Å². The lowest BCUT2D eigenvalue weighted by atomic mass is 10.3. The quantitative estimate of drug-likeness (QED) is 0.449. The Kier molecular flexibility index (Phi) is 4.80. The third kappa shape index (κ3) is 3.66. The summed E-state index contributed by atoms with van der Waals surface area (Å²) in [5.41, 5.74) is 6.17. The van der Waals surface area contributed by atoms with Crippen LogP contribution in [0, 0.1) is 6.92 Å². The highest BCUT2D eigenvalue weighted by Crippen LogP contribution is 1.88. The molecule has 1 rings (SSSR count). The third-order valence-corrected chi connectivity index (χ3v) is 1.40. The summed E-state index contributed by atoms with van der Waals surface area (Å²) in [5, 5.41) is 0. The molecule has 0 aliphatic rings. The Morgan fingerprint density at radius 1 is 1.50 bits per heavy atom. The molecule has 66 valence electrons. The van der Waals surface area contributed by atoms with E-state index in [2.05, 4.69) is 0 Å². The molecule has 0 spiro atoms. The molecule has 0 saturated carbocycles. The molecule has 3 nitrogen and oxygen atoms in total. The molecule has 1 heterocycles. The Morgan fingerprint density at radius 2 is 2.00 bits per heavy atom. The number of aromatic nitrogens is 1. The van der Waals surface area contributed by atoms with Crippen LogP contribution in [0.15, 0.2) is 24.5 Å². The first-order valence-corrected chi connectivity index (χ1v) is 3.42. The number of primary amides is 1. The van der Waals surface area contributed by atoms with Crippen molar-refractivity contribution in [2.24, 2.45) is 5.73 Å². The summed E-state index contributed by atoms with van der Waals surface area (Å²) in [6.45, 7) is 2.24. The monoisotopic (exact) mass is 278 g/mol. The molecular weight excluding hydrogens is 267 g/mol. The number of aryl methyl sites for hydroxylation is 1. The second kappa shape index (κ2) is 5.08. The number of amides is 1. The maximum atomic E-state index is 10.5. The summed E-state index contributed by atoms with van der Waals surface area (Å²) in [6, 6.07) is 3.87. The fraction of sp³-hybridized carbons (Fsp3) is 0.250. The van der Waals surface area contributed by atoms with E-state index in [4.69, 9.17) is 5.73 Å². The predicted molar refractivity (Wildman–Crippen MR) is 40.6 cm³/mol. The molecule has 1 aromatic rings. The smallest absolute Gasteiger partial charge is 0.283 e. The van der Waals surface area contributed by atoms with E-state index < -0.39 is 0 Å². The van der Waals surface area contributed by atoms with Gasteiger partial charge in [-0.15, -0.1) is 0 Å².